The van der Waals surface area contributed by atoms with Gasteiger partial charge in [-0.25, -0.2) is 0 Å². The first-order valence-electron chi connectivity index (χ1n) is 5.67. The molecular weight excluding hydrogens is 238 g/mol. The largest absolute Gasteiger partial charge is 0.385 e. The first kappa shape index (κ1) is 14.0. The Bertz CT molecular complexity index is 264. The lowest BCUT2D eigenvalue weighted by atomic mass is 10.1. The first-order valence-corrected chi connectivity index (χ1v) is 7.67. The number of ether oxygens (including phenoxy) is 1. The molecule has 1 rings (SSSR count). The van der Waals surface area contributed by atoms with Crippen LogP contribution in [0.15, 0.2) is 16.8 Å². The van der Waals surface area contributed by atoms with Gasteiger partial charge in [0.05, 0.1) is 0 Å². The Hall–Kier alpha value is -0.0300. The molecule has 2 N–H and O–H groups in total. The third-order valence-corrected chi connectivity index (χ3v) is 4.73. The van der Waals surface area contributed by atoms with E-state index in [9.17, 15) is 0 Å². The number of hydrogen-bond donors (Lipinski definition) is 1. The number of methoxy groups -OCH3 is 1. The maximum Gasteiger partial charge on any atom is 0.0470 e. The molecule has 0 saturated heterocycles. The van der Waals surface area contributed by atoms with Crippen molar-refractivity contribution in [2.75, 3.05) is 19.5 Å². The monoisotopic (exact) mass is 259 g/mol. The Morgan fingerprint density at radius 2 is 2.38 bits per heavy atom. The molecule has 1 heterocycles. The summed E-state index contributed by atoms with van der Waals surface area (Å²) in [5, 5.41) is 4.78. The van der Waals surface area contributed by atoms with Gasteiger partial charge < -0.3 is 10.5 Å². The van der Waals surface area contributed by atoms with Crippen LogP contribution in [-0.4, -0.2) is 25.5 Å². The second-order valence-corrected chi connectivity index (χ2v) is 5.80. The zero-order valence-corrected chi connectivity index (χ0v) is 11.7. The van der Waals surface area contributed by atoms with Crippen molar-refractivity contribution in [3.05, 3.63) is 22.4 Å². The van der Waals surface area contributed by atoms with Crippen molar-refractivity contribution in [3.8, 4) is 0 Å². The zero-order valence-electron chi connectivity index (χ0n) is 10.0. The minimum absolute atomic E-state index is 0.252. The number of thiophene rings is 1. The fraction of sp³-hybridized carbons (Fsp3) is 0.667. The molecule has 0 aliphatic carbocycles. The zero-order chi connectivity index (χ0) is 11.8. The Morgan fingerprint density at radius 1 is 1.56 bits per heavy atom. The number of thioether (sulfide) groups is 1. The highest BCUT2D eigenvalue weighted by molar-refractivity contribution is 7.99. The van der Waals surface area contributed by atoms with Gasteiger partial charge in [0.2, 0.25) is 0 Å². The van der Waals surface area contributed by atoms with Crippen LogP contribution >= 0.6 is 23.1 Å². The van der Waals surface area contributed by atoms with Crippen molar-refractivity contribution in [2.45, 2.75) is 31.1 Å². The van der Waals surface area contributed by atoms with Gasteiger partial charge in [-0.3, -0.25) is 0 Å². The molecule has 1 aromatic heterocycles. The van der Waals surface area contributed by atoms with Crippen molar-refractivity contribution in [2.24, 2.45) is 5.73 Å². The topological polar surface area (TPSA) is 35.2 Å². The number of hydrogen-bond acceptors (Lipinski definition) is 4. The van der Waals surface area contributed by atoms with E-state index >= 15 is 0 Å². The summed E-state index contributed by atoms with van der Waals surface area (Å²) in [5.41, 5.74) is 7.55. The van der Waals surface area contributed by atoms with Gasteiger partial charge in [0.25, 0.3) is 0 Å². The fourth-order valence-corrected chi connectivity index (χ4v) is 3.63. The van der Waals surface area contributed by atoms with Crippen LogP contribution in [0.5, 0.6) is 0 Å². The van der Waals surface area contributed by atoms with Crippen molar-refractivity contribution in [1.29, 1.82) is 0 Å². The maximum atomic E-state index is 6.18. The Morgan fingerprint density at radius 3 is 2.94 bits per heavy atom. The molecule has 0 amide bonds. The van der Waals surface area contributed by atoms with Crippen LogP contribution < -0.4 is 5.73 Å². The van der Waals surface area contributed by atoms with E-state index < -0.39 is 0 Å². The van der Waals surface area contributed by atoms with Crippen LogP contribution in [0.1, 0.15) is 30.6 Å². The lowest BCUT2D eigenvalue weighted by molar-refractivity contribution is 0.200. The summed E-state index contributed by atoms with van der Waals surface area (Å²) in [4.78, 5) is 0. The Kier molecular flexibility index (Phi) is 7.12. The molecule has 0 aliphatic rings. The van der Waals surface area contributed by atoms with Gasteiger partial charge in [-0.2, -0.15) is 23.1 Å². The molecule has 2 unspecified atom stereocenters. The molecule has 2 atom stereocenters. The average molecular weight is 259 g/mol. The van der Waals surface area contributed by atoms with Gasteiger partial charge in [0.15, 0.2) is 0 Å². The summed E-state index contributed by atoms with van der Waals surface area (Å²) in [6, 6.07) is 2.44. The molecule has 0 bridgehead atoms. The van der Waals surface area contributed by atoms with Crippen molar-refractivity contribution >= 4 is 23.1 Å². The van der Waals surface area contributed by atoms with Gasteiger partial charge in [-0.15, -0.1) is 0 Å². The second kappa shape index (κ2) is 8.12. The molecule has 0 fully saturated rings. The van der Waals surface area contributed by atoms with Crippen molar-refractivity contribution < 1.29 is 4.74 Å². The highest BCUT2D eigenvalue weighted by atomic mass is 32.2. The molecule has 2 nitrogen and oxygen atoms in total. The van der Waals surface area contributed by atoms with E-state index in [4.69, 9.17) is 10.5 Å². The van der Waals surface area contributed by atoms with E-state index in [-0.39, 0.29) is 6.04 Å². The second-order valence-electron chi connectivity index (χ2n) is 3.77. The fourth-order valence-electron chi connectivity index (χ4n) is 1.53. The molecule has 4 heteroatoms. The smallest absolute Gasteiger partial charge is 0.0470 e. The lowest BCUT2D eigenvalue weighted by Gasteiger charge is -2.21. The summed E-state index contributed by atoms with van der Waals surface area (Å²) in [6.45, 7) is 2.99. The summed E-state index contributed by atoms with van der Waals surface area (Å²) in [5.74, 6) is 1.11. The predicted octanol–water partition coefficient (Wildman–Crippen LogP) is 3.30. The van der Waals surface area contributed by atoms with Crippen LogP contribution in [-0.2, 0) is 4.74 Å². The highest BCUT2D eigenvalue weighted by Crippen LogP contribution is 2.34. The quantitative estimate of drug-likeness (QED) is 0.728. The van der Waals surface area contributed by atoms with Crippen LogP contribution in [0.4, 0.5) is 0 Å². The summed E-state index contributed by atoms with van der Waals surface area (Å²) >= 11 is 3.70. The molecule has 0 saturated carbocycles. The minimum Gasteiger partial charge on any atom is -0.385 e. The van der Waals surface area contributed by atoms with Crippen LogP contribution in [0, 0.1) is 0 Å². The van der Waals surface area contributed by atoms with Crippen LogP contribution in [0.25, 0.3) is 0 Å². The lowest BCUT2D eigenvalue weighted by Crippen LogP contribution is -2.25. The van der Waals surface area contributed by atoms with Gasteiger partial charge in [-0.1, -0.05) is 6.92 Å². The third kappa shape index (κ3) is 4.45. The van der Waals surface area contributed by atoms with E-state index in [1.54, 1.807) is 18.4 Å². The van der Waals surface area contributed by atoms with Crippen molar-refractivity contribution in [1.82, 2.24) is 0 Å². The molecule has 16 heavy (non-hydrogen) atoms. The predicted molar refractivity (Wildman–Crippen MR) is 74.3 cm³/mol. The van der Waals surface area contributed by atoms with Gasteiger partial charge in [-0.05, 0) is 41.0 Å². The normalized spacial score (nSPS) is 14.9. The van der Waals surface area contributed by atoms with E-state index in [1.165, 1.54) is 5.56 Å². The van der Waals surface area contributed by atoms with E-state index in [0.29, 0.717) is 5.25 Å². The van der Waals surface area contributed by atoms with E-state index in [2.05, 4.69) is 23.8 Å². The molecule has 0 spiro atoms. The van der Waals surface area contributed by atoms with E-state index in [0.717, 1.165) is 25.2 Å². The SMILES string of the molecule is CCC(N)C(SCCCOC)c1ccsc1. The van der Waals surface area contributed by atoms with Gasteiger partial charge in [0.1, 0.15) is 0 Å². The maximum absolute atomic E-state index is 6.18. The molecule has 92 valence electrons. The summed E-state index contributed by atoms with van der Waals surface area (Å²) in [6.07, 6.45) is 2.12. The Balaban J connectivity index is 2.45. The molecule has 0 aliphatic heterocycles. The summed E-state index contributed by atoms with van der Waals surface area (Å²) < 4.78 is 5.06. The first-order chi connectivity index (χ1) is 7.79. The third-order valence-electron chi connectivity index (χ3n) is 2.52. The molecule has 0 aromatic carbocycles. The summed E-state index contributed by atoms with van der Waals surface area (Å²) in [7, 11) is 1.75. The molecule has 0 radical (unpaired) electrons. The minimum atomic E-state index is 0.252. The van der Waals surface area contributed by atoms with Crippen LogP contribution in [0.2, 0.25) is 0 Å². The number of nitrogens with two attached hydrogens (primary N) is 1. The molecular formula is C12H21NOS2. The van der Waals surface area contributed by atoms with Gasteiger partial charge in [0, 0.05) is 25.0 Å². The standard InChI is InChI=1S/C12H21NOS2/c1-3-11(13)12(10-5-8-15-9-10)16-7-4-6-14-2/h5,8-9,11-12H,3-4,6-7,13H2,1-2H3. The molecule has 1 aromatic rings. The average Bonchev–Trinajstić information content (AvgIpc) is 2.82. The van der Waals surface area contributed by atoms with Crippen LogP contribution in [0.3, 0.4) is 0 Å². The number of rotatable bonds is 8. The van der Waals surface area contributed by atoms with Crippen molar-refractivity contribution in [3.63, 3.8) is 0 Å². The Labute approximate surface area is 107 Å². The highest BCUT2D eigenvalue weighted by Gasteiger charge is 2.18. The van der Waals surface area contributed by atoms with E-state index in [1.807, 2.05) is 11.8 Å². The van der Waals surface area contributed by atoms with Gasteiger partial charge >= 0.3 is 0 Å².